The number of carbonyl (C=O) groups excluding carboxylic acids is 1. The van der Waals surface area contributed by atoms with E-state index in [0.717, 1.165) is 37.6 Å². The van der Waals surface area contributed by atoms with E-state index in [9.17, 15) is 13.6 Å². The highest BCUT2D eigenvalue weighted by atomic mass is 19.2. The van der Waals surface area contributed by atoms with Crippen LogP contribution in [0.2, 0.25) is 0 Å². The molecule has 0 unspecified atom stereocenters. The molecule has 2 heterocycles. The van der Waals surface area contributed by atoms with Crippen LogP contribution in [0.1, 0.15) is 5.82 Å². The summed E-state index contributed by atoms with van der Waals surface area (Å²) in [5.74, 6) is -0.932. The molecule has 1 saturated heterocycles. The second-order valence-corrected chi connectivity index (χ2v) is 5.78. The van der Waals surface area contributed by atoms with Crippen molar-refractivity contribution in [2.45, 2.75) is 6.54 Å². The summed E-state index contributed by atoms with van der Waals surface area (Å²) in [6.07, 6.45) is 3.67. The zero-order valence-corrected chi connectivity index (χ0v) is 13.4. The van der Waals surface area contributed by atoms with Gasteiger partial charge in [-0.05, 0) is 12.1 Å². The van der Waals surface area contributed by atoms with Gasteiger partial charge in [0.25, 0.3) is 0 Å². The number of amides is 2. The largest absolute Gasteiger partial charge is 0.337 e. The van der Waals surface area contributed by atoms with Gasteiger partial charge in [0.05, 0.1) is 6.54 Å². The summed E-state index contributed by atoms with van der Waals surface area (Å²) in [6.45, 7) is 3.35. The molecule has 1 aliphatic heterocycles. The van der Waals surface area contributed by atoms with Crippen molar-refractivity contribution in [1.82, 2.24) is 19.4 Å². The Morgan fingerprint density at radius 3 is 2.58 bits per heavy atom. The molecule has 1 N–H and O–H groups in total. The fourth-order valence-corrected chi connectivity index (χ4v) is 2.63. The number of aromatic nitrogens is 2. The molecular formula is C16H19F2N5O. The van der Waals surface area contributed by atoms with Crippen molar-refractivity contribution < 1.29 is 13.6 Å². The van der Waals surface area contributed by atoms with E-state index in [0.29, 0.717) is 13.1 Å². The van der Waals surface area contributed by atoms with Crippen molar-refractivity contribution in [1.29, 1.82) is 0 Å². The lowest BCUT2D eigenvalue weighted by Gasteiger charge is -2.34. The van der Waals surface area contributed by atoms with Crippen molar-refractivity contribution in [3.05, 3.63) is 48.1 Å². The first-order valence-corrected chi connectivity index (χ1v) is 7.72. The summed E-state index contributed by atoms with van der Waals surface area (Å²) >= 11 is 0. The molecule has 0 saturated carbocycles. The van der Waals surface area contributed by atoms with Gasteiger partial charge in [-0.15, -0.1) is 0 Å². The third kappa shape index (κ3) is 3.70. The molecular weight excluding hydrogens is 316 g/mol. The number of aryl methyl sites for hydroxylation is 1. The van der Waals surface area contributed by atoms with Gasteiger partial charge in [-0.2, -0.15) is 0 Å². The average molecular weight is 335 g/mol. The Labute approximate surface area is 138 Å². The number of urea groups is 1. The zero-order chi connectivity index (χ0) is 17.1. The molecule has 0 spiro atoms. The van der Waals surface area contributed by atoms with E-state index in [1.54, 1.807) is 11.1 Å². The minimum atomic E-state index is -0.979. The van der Waals surface area contributed by atoms with Crippen LogP contribution in [0.5, 0.6) is 0 Å². The molecule has 3 rings (SSSR count). The smallest absolute Gasteiger partial charge is 0.321 e. The normalized spacial score (nSPS) is 15.5. The van der Waals surface area contributed by atoms with E-state index in [1.165, 1.54) is 6.07 Å². The van der Waals surface area contributed by atoms with Gasteiger partial charge in [-0.1, -0.05) is 0 Å². The van der Waals surface area contributed by atoms with Crippen LogP contribution in [-0.2, 0) is 13.6 Å². The molecule has 2 amide bonds. The number of halogens is 2. The molecule has 8 heteroatoms. The summed E-state index contributed by atoms with van der Waals surface area (Å²) in [5.41, 5.74) is 0.245. The minimum Gasteiger partial charge on any atom is -0.337 e. The Morgan fingerprint density at radius 2 is 1.96 bits per heavy atom. The third-order valence-electron chi connectivity index (χ3n) is 4.12. The number of nitrogens with one attached hydrogen (secondary N) is 1. The molecule has 2 aromatic rings. The highest BCUT2D eigenvalue weighted by Gasteiger charge is 2.22. The molecule has 1 aromatic heterocycles. The van der Waals surface area contributed by atoms with E-state index in [4.69, 9.17) is 0 Å². The van der Waals surface area contributed by atoms with Crippen LogP contribution in [0.25, 0.3) is 0 Å². The predicted molar refractivity (Wildman–Crippen MR) is 85.4 cm³/mol. The fraction of sp³-hybridized carbons (Fsp3) is 0.375. The van der Waals surface area contributed by atoms with Gasteiger partial charge in [-0.3, -0.25) is 4.90 Å². The Morgan fingerprint density at radius 1 is 1.21 bits per heavy atom. The Bertz CT molecular complexity index is 725. The first-order valence-electron chi connectivity index (χ1n) is 7.72. The van der Waals surface area contributed by atoms with E-state index in [2.05, 4.69) is 15.2 Å². The molecule has 128 valence electrons. The van der Waals surface area contributed by atoms with Gasteiger partial charge < -0.3 is 14.8 Å². The number of piperazine rings is 1. The van der Waals surface area contributed by atoms with Crippen LogP contribution in [0.3, 0.4) is 0 Å². The highest BCUT2D eigenvalue weighted by molar-refractivity contribution is 5.89. The van der Waals surface area contributed by atoms with E-state index < -0.39 is 11.6 Å². The van der Waals surface area contributed by atoms with Crippen LogP contribution in [-0.4, -0.2) is 51.6 Å². The maximum absolute atomic E-state index is 13.2. The van der Waals surface area contributed by atoms with E-state index >= 15 is 0 Å². The van der Waals surface area contributed by atoms with E-state index in [1.807, 2.05) is 17.8 Å². The predicted octanol–water partition coefficient (Wildman–Crippen LogP) is 2.05. The lowest BCUT2D eigenvalue weighted by molar-refractivity contribution is 0.140. The number of benzene rings is 1. The number of rotatable bonds is 3. The molecule has 6 nitrogen and oxygen atoms in total. The number of anilines is 1. The van der Waals surface area contributed by atoms with Crippen molar-refractivity contribution in [2.75, 3.05) is 31.5 Å². The Kier molecular flexibility index (Phi) is 4.75. The quantitative estimate of drug-likeness (QED) is 0.934. The topological polar surface area (TPSA) is 53.4 Å². The Hall–Kier alpha value is -2.48. The molecule has 24 heavy (non-hydrogen) atoms. The van der Waals surface area contributed by atoms with Crippen molar-refractivity contribution in [3.63, 3.8) is 0 Å². The SMILES string of the molecule is Cn1ccnc1CN1CCN(C(=O)Nc2ccc(F)c(F)c2)CC1. The first-order chi connectivity index (χ1) is 11.5. The van der Waals surface area contributed by atoms with Crippen molar-refractivity contribution in [2.24, 2.45) is 7.05 Å². The highest BCUT2D eigenvalue weighted by Crippen LogP contribution is 2.14. The van der Waals surface area contributed by atoms with E-state index in [-0.39, 0.29) is 11.7 Å². The average Bonchev–Trinajstić information content (AvgIpc) is 2.97. The van der Waals surface area contributed by atoms with Gasteiger partial charge in [0.1, 0.15) is 5.82 Å². The van der Waals surface area contributed by atoms with Crippen molar-refractivity contribution >= 4 is 11.7 Å². The molecule has 1 aliphatic rings. The van der Waals surface area contributed by atoms with Crippen molar-refractivity contribution in [3.8, 4) is 0 Å². The molecule has 0 atom stereocenters. The summed E-state index contributed by atoms with van der Waals surface area (Å²) in [5, 5.41) is 2.59. The molecule has 0 radical (unpaired) electrons. The lowest BCUT2D eigenvalue weighted by Crippen LogP contribution is -2.49. The van der Waals surface area contributed by atoms with Gasteiger partial charge >= 0.3 is 6.03 Å². The summed E-state index contributed by atoms with van der Waals surface area (Å²) in [4.78, 5) is 20.4. The lowest BCUT2D eigenvalue weighted by atomic mass is 10.3. The standard InChI is InChI=1S/C16H19F2N5O/c1-21-5-4-19-15(21)11-22-6-8-23(9-7-22)16(24)20-12-2-3-13(17)14(18)10-12/h2-5,10H,6-9,11H2,1H3,(H,20,24). The Balaban J connectivity index is 1.51. The molecule has 0 bridgehead atoms. The number of nitrogens with zero attached hydrogens (tertiary/aromatic N) is 4. The number of hydrogen-bond acceptors (Lipinski definition) is 3. The number of carbonyl (C=O) groups is 1. The summed E-state index contributed by atoms with van der Waals surface area (Å²) in [6, 6.07) is 3.01. The van der Waals surface area contributed by atoms with Gasteiger partial charge in [0.15, 0.2) is 11.6 Å². The third-order valence-corrected chi connectivity index (χ3v) is 4.12. The molecule has 1 aromatic carbocycles. The maximum Gasteiger partial charge on any atom is 0.321 e. The minimum absolute atomic E-state index is 0.245. The number of hydrogen-bond donors (Lipinski definition) is 1. The summed E-state index contributed by atoms with van der Waals surface area (Å²) in [7, 11) is 1.95. The van der Waals surface area contributed by atoms with Gasteiger partial charge in [-0.25, -0.2) is 18.6 Å². The summed E-state index contributed by atoms with van der Waals surface area (Å²) < 4.78 is 28.1. The monoisotopic (exact) mass is 335 g/mol. The van der Waals surface area contributed by atoms with Crippen LogP contribution in [0.15, 0.2) is 30.6 Å². The maximum atomic E-state index is 13.2. The van der Waals surface area contributed by atoms with Crippen LogP contribution in [0.4, 0.5) is 19.3 Å². The van der Waals surface area contributed by atoms with Gasteiger partial charge in [0.2, 0.25) is 0 Å². The van der Waals surface area contributed by atoms with Crippen LogP contribution >= 0.6 is 0 Å². The van der Waals surface area contributed by atoms with Gasteiger partial charge in [0, 0.05) is 57.4 Å². The zero-order valence-electron chi connectivity index (χ0n) is 13.4. The molecule has 1 fully saturated rings. The van der Waals surface area contributed by atoms with Crippen LogP contribution in [0, 0.1) is 11.6 Å². The first kappa shape index (κ1) is 16.4. The fourth-order valence-electron chi connectivity index (χ4n) is 2.63. The molecule has 0 aliphatic carbocycles. The second-order valence-electron chi connectivity index (χ2n) is 5.78. The van der Waals surface area contributed by atoms with Crippen LogP contribution < -0.4 is 5.32 Å². The second kappa shape index (κ2) is 6.96. The number of imidazole rings is 1.